The summed E-state index contributed by atoms with van der Waals surface area (Å²) in [5, 5.41) is 0. The molecule has 1 aromatic rings. The van der Waals surface area contributed by atoms with Crippen molar-refractivity contribution >= 4 is 5.95 Å². The maximum Gasteiger partial charge on any atom is 0.252 e. The van der Waals surface area contributed by atoms with Crippen molar-refractivity contribution in [2.24, 2.45) is 0 Å². The Kier molecular flexibility index (Phi) is 2.96. The summed E-state index contributed by atoms with van der Waals surface area (Å²) >= 11 is 0. The molecule has 1 heterocycles. The summed E-state index contributed by atoms with van der Waals surface area (Å²) in [6.07, 6.45) is 4.32. The van der Waals surface area contributed by atoms with Crippen LogP contribution in [0.4, 0.5) is 5.95 Å². The molecule has 1 aliphatic rings. The number of nitrogen functional groups attached to an aromatic ring is 1. The number of aromatic amines is 1. The highest BCUT2D eigenvalue weighted by Crippen LogP contribution is 2.40. The van der Waals surface area contributed by atoms with Crippen LogP contribution in [0.25, 0.3) is 0 Å². The van der Waals surface area contributed by atoms with Crippen LogP contribution in [0.1, 0.15) is 31.4 Å². The number of ether oxygens (including phenoxy) is 1. The van der Waals surface area contributed by atoms with Gasteiger partial charge >= 0.3 is 0 Å². The standard InChI is InChI=1S/C11H17N3O2/c1-16-7-11(4-2-3-5-11)8-6-9(15)14-10(12)13-8/h6H,2-5,7H2,1H3,(H3,12,13,14,15). The fourth-order valence-corrected chi connectivity index (χ4v) is 2.55. The molecule has 0 aromatic carbocycles. The molecule has 5 heteroatoms. The van der Waals surface area contributed by atoms with Crippen LogP contribution < -0.4 is 11.3 Å². The Morgan fingerprint density at radius 3 is 2.81 bits per heavy atom. The highest BCUT2D eigenvalue weighted by Gasteiger charge is 2.37. The molecular weight excluding hydrogens is 206 g/mol. The summed E-state index contributed by atoms with van der Waals surface area (Å²) in [6, 6.07) is 1.54. The van der Waals surface area contributed by atoms with Crippen molar-refractivity contribution in [1.29, 1.82) is 0 Å². The van der Waals surface area contributed by atoms with E-state index in [1.165, 1.54) is 0 Å². The molecule has 1 fully saturated rings. The highest BCUT2D eigenvalue weighted by atomic mass is 16.5. The van der Waals surface area contributed by atoms with Gasteiger partial charge in [0.25, 0.3) is 5.56 Å². The van der Waals surface area contributed by atoms with Crippen LogP contribution in [-0.4, -0.2) is 23.7 Å². The topological polar surface area (TPSA) is 81.0 Å². The monoisotopic (exact) mass is 223 g/mol. The molecule has 0 radical (unpaired) electrons. The van der Waals surface area contributed by atoms with E-state index in [1.807, 2.05) is 0 Å². The van der Waals surface area contributed by atoms with Crippen LogP contribution in [0.15, 0.2) is 10.9 Å². The molecule has 2 rings (SSSR count). The van der Waals surface area contributed by atoms with Gasteiger partial charge in [-0.15, -0.1) is 0 Å². The van der Waals surface area contributed by atoms with Crippen molar-refractivity contribution in [2.45, 2.75) is 31.1 Å². The van der Waals surface area contributed by atoms with Gasteiger partial charge < -0.3 is 10.5 Å². The van der Waals surface area contributed by atoms with Crippen LogP contribution in [0.5, 0.6) is 0 Å². The number of rotatable bonds is 3. The van der Waals surface area contributed by atoms with Crippen molar-refractivity contribution < 1.29 is 4.74 Å². The van der Waals surface area contributed by atoms with E-state index < -0.39 is 0 Å². The zero-order valence-corrected chi connectivity index (χ0v) is 9.45. The van der Waals surface area contributed by atoms with E-state index >= 15 is 0 Å². The molecule has 0 saturated heterocycles. The summed E-state index contributed by atoms with van der Waals surface area (Å²) in [5.74, 6) is 0.185. The lowest BCUT2D eigenvalue weighted by molar-refractivity contribution is 0.129. The van der Waals surface area contributed by atoms with Crippen LogP contribution in [0.3, 0.4) is 0 Å². The minimum atomic E-state index is -0.190. The van der Waals surface area contributed by atoms with Crippen LogP contribution >= 0.6 is 0 Å². The highest BCUT2D eigenvalue weighted by molar-refractivity contribution is 5.25. The Morgan fingerprint density at radius 2 is 2.25 bits per heavy atom. The van der Waals surface area contributed by atoms with E-state index in [-0.39, 0.29) is 16.9 Å². The number of hydrogen-bond acceptors (Lipinski definition) is 4. The van der Waals surface area contributed by atoms with Crippen molar-refractivity contribution in [3.05, 3.63) is 22.1 Å². The number of hydrogen-bond donors (Lipinski definition) is 2. The van der Waals surface area contributed by atoms with E-state index in [4.69, 9.17) is 10.5 Å². The molecule has 0 bridgehead atoms. The van der Waals surface area contributed by atoms with Gasteiger partial charge in [-0.2, -0.15) is 0 Å². The number of methoxy groups -OCH3 is 1. The molecule has 0 aliphatic heterocycles. The number of nitrogens with one attached hydrogen (secondary N) is 1. The molecule has 16 heavy (non-hydrogen) atoms. The first-order valence-corrected chi connectivity index (χ1v) is 5.52. The second-order valence-electron chi connectivity index (χ2n) is 4.44. The van der Waals surface area contributed by atoms with E-state index in [2.05, 4.69) is 9.97 Å². The van der Waals surface area contributed by atoms with Crippen molar-refractivity contribution in [3.63, 3.8) is 0 Å². The largest absolute Gasteiger partial charge is 0.384 e. The predicted molar refractivity (Wildman–Crippen MR) is 61.3 cm³/mol. The maximum absolute atomic E-state index is 11.4. The lowest BCUT2D eigenvalue weighted by atomic mass is 9.83. The quantitative estimate of drug-likeness (QED) is 0.794. The molecule has 3 N–H and O–H groups in total. The molecule has 0 atom stereocenters. The van der Waals surface area contributed by atoms with E-state index in [9.17, 15) is 4.79 Å². The average molecular weight is 223 g/mol. The van der Waals surface area contributed by atoms with Gasteiger partial charge in [0.05, 0.1) is 12.3 Å². The first-order valence-electron chi connectivity index (χ1n) is 5.52. The number of nitrogens with zero attached hydrogens (tertiary/aromatic N) is 1. The number of aromatic nitrogens is 2. The summed E-state index contributed by atoms with van der Waals surface area (Å²) < 4.78 is 5.27. The Bertz CT molecular complexity index is 421. The maximum atomic E-state index is 11.4. The Morgan fingerprint density at radius 1 is 1.56 bits per heavy atom. The second kappa shape index (κ2) is 4.25. The first-order chi connectivity index (χ1) is 7.66. The summed E-state index contributed by atoms with van der Waals surface area (Å²) in [7, 11) is 1.68. The van der Waals surface area contributed by atoms with E-state index in [1.54, 1.807) is 13.2 Å². The molecule has 1 saturated carbocycles. The molecule has 0 spiro atoms. The van der Waals surface area contributed by atoms with Crippen molar-refractivity contribution in [3.8, 4) is 0 Å². The third kappa shape index (κ3) is 1.95. The zero-order valence-electron chi connectivity index (χ0n) is 9.45. The molecular formula is C11H17N3O2. The Labute approximate surface area is 94.0 Å². The lowest BCUT2D eigenvalue weighted by Gasteiger charge is -2.27. The third-order valence-electron chi connectivity index (χ3n) is 3.28. The van der Waals surface area contributed by atoms with Gasteiger partial charge in [0.1, 0.15) is 0 Å². The summed E-state index contributed by atoms with van der Waals surface area (Å²) in [4.78, 5) is 18.1. The fraction of sp³-hybridized carbons (Fsp3) is 0.636. The molecule has 5 nitrogen and oxygen atoms in total. The van der Waals surface area contributed by atoms with Crippen LogP contribution in [0.2, 0.25) is 0 Å². The van der Waals surface area contributed by atoms with Crippen molar-refractivity contribution in [1.82, 2.24) is 9.97 Å². The molecule has 1 aromatic heterocycles. The number of nitrogens with two attached hydrogens (primary N) is 1. The summed E-state index contributed by atoms with van der Waals surface area (Å²) in [6.45, 7) is 0.600. The van der Waals surface area contributed by atoms with Gasteiger partial charge in [-0.05, 0) is 12.8 Å². The van der Waals surface area contributed by atoms with E-state index in [0.717, 1.165) is 31.4 Å². The minimum Gasteiger partial charge on any atom is -0.384 e. The normalized spacial score (nSPS) is 18.8. The lowest BCUT2D eigenvalue weighted by Crippen LogP contribution is -2.31. The molecule has 88 valence electrons. The minimum absolute atomic E-state index is 0.114. The van der Waals surface area contributed by atoms with Gasteiger partial charge in [-0.1, -0.05) is 12.8 Å². The molecule has 1 aliphatic carbocycles. The van der Waals surface area contributed by atoms with E-state index in [0.29, 0.717) is 6.61 Å². The van der Waals surface area contributed by atoms with Gasteiger partial charge in [-0.25, -0.2) is 4.98 Å². The Balaban J connectivity index is 2.42. The first kappa shape index (κ1) is 11.1. The smallest absolute Gasteiger partial charge is 0.252 e. The predicted octanol–water partition coefficient (Wildman–Crippen LogP) is 0.810. The van der Waals surface area contributed by atoms with Gasteiger partial charge in [0.2, 0.25) is 5.95 Å². The third-order valence-corrected chi connectivity index (χ3v) is 3.28. The zero-order chi connectivity index (χ0) is 11.6. The van der Waals surface area contributed by atoms with Gasteiger partial charge in [0, 0.05) is 18.6 Å². The van der Waals surface area contributed by atoms with Crippen LogP contribution in [0, 0.1) is 0 Å². The average Bonchev–Trinajstić information content (AvgIpc) is 2.66. The van der Waals surface area contributed by atoms with Gasteiger partial charge in [0.15, 0.2) is 0 Å². The fourth-order valence-electron chi connectivity index (χ4n) is 2.55. The number of anilines is 1. The molecule has 0 amide bonds. The second-order valence-corrected chi connectivity index (χ2v) is 4.44. The number of H-pyrrole nitrogens is 1. The molecule has 0 unspecified atom stereocenters. The summed E-state index contributed by atoms with van der Waals surface area (Å²) in [5.41, 5.74) is 6.04. The van der Waals surface area contributed by atoms with Gasteiger partial charge in [-0.3, -0.25) is 9.78 Å². The Hall–Kier alpha value is -1.36. The van der Waals surface area contributed by atoms with Crippen molar-refractivity contribution in [2.75, 3.05) is 19.5 Å². The van der Waals surface area contributed by atoms with Crippen LogP contribution in [-0.2, 0) is 10.2 Å². The SMILES string of the molecule is COCC1(c2cc(=O)[nH]c(N)n2)CCCC1.